The average Bonchev–Trinajstić information content (AvgIpc) is 2.39. The van der Waals surface area contributed by atoms with Crippen molar-refractivity contribution in [2.75, 3.05) is 38.1 Å². The lowest BCUT2D eigenvalue weighted by Gasteiger charge is -2.34. The zero-order chi connectivity index (χ0) is 12.3. The van der Waals surface area contributed by atoms with E-state index in [2.05, 4.69) is 29.0 Å². The van der Waals surface area contributed by atoms with Crippen molar-refractivity contribution in [3.63, 3.8) is 0 Å². The summed E-state index contributed by atoms with van der Waals surface area (Å²) < 4.78 is 0. The first kappa shape index (κ1) is 12.4. The summed E-state index contributed by atoms with van der Waals surface area (Å²) in [6.45, 7) is 6.43. The molecule has 3 heteroatoms. The van der Waals surface area contributed by atoms with E-state index < -0.39 is 0 Å². The van der Waals surface area contributed by atoms with Crippen LogP contribution in [-0.2, 0) is 0 Å². The Labute approximate surface area is 104 Å². The zero-order valence-corrected chi connectivity index (χ0v) is 10.8. The Bertz CT molecular complexity index is 342. The van der Waals surface area contributed by atoms with Gasteiger partial charge in [-0.3, -0.25) is 0 Å². The lowest BCUT2D eigenvalue weighted by Crippen LogP contribution is -2.44. The number of piperazine rings is 1. The molecule has 0 aromatic heterocycles. The molecule has 17 heavy (non-hydrogen) atoms. The van der Waals surface area contributed by atoms with E-state index in [-0.39, 0.29) is 6.10 Å². The molecular weight excluding hydrogens is 212 g/mol. The molecule has 0 saturated carbocycles. The number of aliphatic hydroxyl groups is 1. The lowest BCUT2D eigenvalue weighted by molar-refractivity contribution is 0.173. The third-order valence-electron chi connectivity index (χ3n) is 3.53. The number of nitrogens with zero attached hydrogens (tertiary/aromatic N) is 2. The number of rotatable bonds is 3. The van der Waals surface area contributed by atoms with Gasteiger partial charge >= 0.3 is 0 Å². The summed E-state index contributed by atoms with van der Waals surface area (Å²) in [5, 5.41) is 9.74. The summed E-state index contributed by atoms with van der Waals surface area (Å²) in [4.78, 5) is 4.76. The Kier molecular flexibility index (Phi) is 4.02. The summed E-state index contributed by atoms with van der Waals surface area (Å²) in [6, 6.07) is 8.34. The van der Waals surface area contributed by atoms with Gasteiger partial charge in [-0.1, -0.05) is 19.1 Å². The molecule has 1 aromatic carbocycles. The predicted molar refractivity (Wildman–Crippen MR) is 71.4 cm³/mol. The van der Waals surface area contributed by atoms with Gasteiger partial charge in [0.2, 0.25) is 0 Å². The largest absolute Gasteiger partial charge is 0.388 e. The van der Waals surface area contributed by atoms with E-state index in [0.29, 0.717) is 0 Å². The standard InChI is InChI=1S/C14H22N2O/c1-3-14(17)12-4-6-13(7-5-12)16-10-8-15(2)9-11-16/h4-7,14,17H,3,8-11H2,1-2H3. The maximum absolute atomic E-state index is 9.74. The van der Waals surface area contributed by atoms with Crippen LogP contribution in [0.3, 0.4) is 0 Å². The first-order valence-corrected chi connectivity index (χ1v) is 6.42. The highest BCUT2D eigenvalue weighted by atomic mass is 16.3. The van der Waals surface area contributed by atoms with Crippen LogP contribution in [0.2, 0.25) is 0 Å². The van der Waals surface area contributed by atoms with Crippen LogP contribution in [0.5, 0.6) is 0 Å². The van der Waals surface area contributed by atoms with Crippen molar-refractivity contribution < 1.29 is 5.11 Å². The van der Waals surface area contributed by atoms with E-state index in [9.17, 15) is 5.11 Å². The number of aliphatic hydroxyl groups excluding tert-OH is 1. The van der Waals surface area contributed by atoms with E-state index >= 15 is 0 Å². The average molecular weight is 234 g/mol. The van der Waals surface area contributed by atoms with Gasteiger partial charge in [0, 0.05) is 31.9 Å². The summed E-state index contributed by atoms with van der Waals surface area (Å²) in [5.41, 5.74) is 2.29. The number of anilines is 1. The molecule has 0 amide bonds. The molecule has 0 radical (unpaired) electrons. The normalized spacial score (nSPS) is 19.4. The van der Waals surface area contributed by atoms with Gasteiger partial charge < -0.3 is 14.9 Å². The Morgan fingerprint density at radius 3 is 2.24 bits per heavy atom. The first-order valence-electron chi connectivity index (χ1n) is 6.42. The molecule has 1 aliphatic rings. The quantitative estimate of drug-likeness (QED) is 0.865. The molecular formula is C14H22N2O. The molecule has 1 aromatic rings. The second kappa shape index (κ2) is 5.52. The van der Waals surface area contributed by atoms with Gasteiger partial charge in [0.25, 0.3) is 0 Å². The Morgan fingerprint density at radius 2 is 1.71 bits per heavy atom. The lowest BCUT2D eigenvalue weighted by atomic mass is 10.1. The molecule has 3 nitrogen and oxygen atoms in total. The highest BCUT2D eigenvalue weighted by molar-refractivity contribution is 5.48. The van der Waals surface area contributed by atoms with Gasteiger partial charge in [0.15, 0.2) is 0 Å². The molecule has 1 fully saturated rings. The van der Waals surface area contributed by atoms with Crippen molar-refractivity contribution in [2.24, 2.45) is 0 Å². The Morgan fingerprint density at radius 1 is 1.12 bits per heavy atom. The maximum Gasteiger partial charge on any atom is 0.0787 e. The van der Waals surface area contributed by atoms with Crippen LogP contribution in [0.25, 0.3) is 0 Å². The summed E-state index contributed by atoms with van der Waals surface area (Å²) in [5.74, 6) is 0. The van der Waals surface area contributed by atoms with E-state index in [4.69, 9.17) is 0 Å². The minimum Gasteiger partial charge on any atom is -0.388 e. The van der Waals surface area contributed by atoms with E-state index in [1.54, 1.807) is 0 Å². The Hall–Kier alpha value is -1.06. The van der Waals surface area contributed by atoms with Crippen LogP contribution in [0.4, 0.5) is 5.69 Å². The Balaban J connectivity index is 2.02. The molecule has 94 valence electrons. The van der Waals surface area contributed by atoms with Crippen molar-refractivity contribution in [3.8, 4) is 0 Å². The smallest absolute Gasteiger partial charge is 0.0787 e. The molecule has 0 aliphatic carbocycles. The van der Waals surface area contributed by atoms with Crippen LogP contribution < -0.4 is 4.90 Å². The van der Waals surface area contributed by atoms with Gasteiger partial charge in [0.05, 0.1) is 6.10 Å². The third-order valence-corrected chi connectivity index (χ3v) is 3.53. The molecule has 1 aliphatic heterocycles. The second-order valence-corrected chi connectivity index (χ2v) is 4.81. The van der Waals surface area contributed by atoms with Gasteiger partial charge in [-0.2, -0.15) is 0 Å². The van der Waals surface area contributed by atoms with Gasteiger partial charge in [-0.25, -0.2) is 0 Å². The SMILES string of the molecule is CCC(O)c1ccc(N2CCN(C)CC2)cc1. The van der Waals surface area contributed by atoms with E-state index in [1.165, 1.54) is 5.69 Å². The molecule has 2 rings (SSSR count). The fourth-order valence-corrected chi connectivity index (χ4v) is 2.21. The highest BCUT2D eigenvalue weighted by Crippen LogP contribution is 2.21. The molecule has 0 spiro atoms. The van der Waals surface area contributed by atoms with Crippen LogP contribution >= 0.6 is 0 Å². The molecule has 1 atom stereocenters. The summed E-state index contributed by atoms with van der Waals surface area (Å²) in [6.07, 6.45) is 0.449. The highest BCUT2D eigenvalue weighted by Gasteiger charge is 2.14. The van der Waals surface area contributed by atoms with Crippen LogP contribution in [0.15, 0.2) is 24.3 Å². The fourth-order valence-electron chi connectivity index (χ4n) is 2.21. The minimum absolute atomic E-state index is 0.323. The monoisotopic (exact) mass is 234 g/mol. The predicted octanol–water partition coefficient (Wildman–Crippen LogP) is 1.88. The van der Waals surface area contributed by atoms with Gasteiger partial charge in [-0.15, -0.1) is 0 Å². The van der Waals surface area contributed by atoms with Crippen LogP contribution in [-0.4, -0.2) is 43.2 Å². The van der Waals surface area contributed by atoms with Crippen molar-refractivity contribution in [1.29, 1.82) is 0 Å². The summed E-state index contributed by atoms with van der Waals surface area (Å²) in [7, 11) is 2.16. The van der Waals surface area contributed by atoms with Crippen molar-refractivity contribution in [2.45, 2.75) is 19.4 Å². The van der Waals surface area contributed by atoms with Gasteiger partial charge in [-0.05, 0) is 31.2 Å². The number of benzene rings is 1. The molecule has 1 N–H and O–H groups in total. The van der Waals surface area contributed by atoms with Gasteiger partial charge in [0.1, 0.15) is 0 Å². The van der Waals surface area contributed by atoms with E-state index in [0.717, 1.165) is 38.2 Å². The van der Waals surface area contributed by atoms with Crippen LogP contribution in [0.1, 0.15) is 25.0 Å². The molecule has 1 unspecified atom stereocenters. The van der Waals surface area contributed by atoms with Crippen molar-refractivity contribution in [1.82, 2.24) is 4.90 Å². The second-order valence-electron chi connectivity index (χ2n) is 4.81. The summed E-state index contributed by atoms with van der Waals surface area (Å²) >= 11 is 0. The molecule has 1 saturated heterocycles. The van der Waals surface area contributed by atoms with Crippen molar-refractivity contribution in [3.05, 3.63) is 29.8 Å². The third kappa shape index (κ3) is 2.99. The fraction of sp³-hybridized carbons (Fsp3) is 0.571. The van der Waals surface area contributed by atoms with Crippen LogP contribution in [0, 0.1) is 0 Å². The maximum atomic E-state index is 9.74. The first-order chi connectivity index (χ1) is 8.20. The molecule has 0 bridgehead atoms. The number of hydrogen-bond acceptors (Lipinski definition) is 3. The zero-order valence-electron chi connectivity index (χ0n) is 10.8. The van der Waals surface area contributed by atoms with Crippen molar-refractivity contribution >= 4 is 5.69 Å². The molecule has 1 heterocycles. The minimum atomic E-state index is -0.323. The topological polar surface area (TPSA) is 26.7 Å². The number of likely N-dealkylation sites (N-methyl/N-ethyl adjacent to an activating group) is 1. The van der Waals surface area contributed by atoms with E-state index in [1.807, 2.05) is 19.1 Å². The number of hydrogen-bond donors (Lipinski definition) is 1.